The first-order valence-electron chi connectivity index (χ1n) is 15.6. The normalized spacial score (nSPS) is 10.7. The average Bonchev–Trinajstić information content (AvgIpc) is 3.17. The summed E-state index contributed by atoms with van der Waals surface area (Å²) in [6, 6.07) is 26.4. The molecule has 4 aromatic carbocycles. The summed E-state index contributed by atoms with van der Waals surface area (Å²) < 4.78 is 39.6. The van der Waals surface area contributed by atoms with Crippen LogP contribution in [0, 0.1) is 0 Å². The number of nitrogens with zero attached hydrogens (tertiary/aromatic N) is 3. The van der Waals surface area contributed by atoms with Crippen LogP contribution in [-0.2, 0) is 6.42 Å². The molecule has 5 aromatic rings. The number of anilines is 1. The van der Waals surface area contributed by atoms with Gasteiger partial charge in [-0.15, -0.1) is 10.2 Å². The van der Waals surface area contributed by atoms with Gasteiger partial charge in [-0.2, -0.15) is 5.10 Å². The van der Waals surface area contributed by atoms with E-state index in [1.165, 1.54) is 28.4 Å². The Balaban J connectivity index is 1.32. The molecule has 0 spiro atoms. The van der Waals surface area contributed by atoms with Gasteiger partial charge in [0.1, 0.15) is 25.2 Å². The van der Waals surface area contributed by atoms with Gasteiger partial charge < -0.3 is 33.2 Å². The molecule has 5 rings (SSSR count). The monoisotopic (exact) mass is 678 g/mol. The molecule has 0 amide bonds. The molecular formula is C38H38N4O8. The second-order valence-electron chi connectivity index (χ2n) is 10.7. The fourth-order valence-electron chi connectivity index (χ4n) is 5.15. The molecule has 0 aliphatic heterocycles. The third-order valence-electron chi connectivity index (χ3n) is 7.58. The summed E-state index contributed by atoms with van der Waals surface area (Å²) in [6.07, 6.45) is 2.87. The van der Waals surface area contributed by atoms with Crippen molar-refractivity contribution in [2.24, 2.45) is 5.10 Å². The van der Waals surface area contributed by atoms with Crippen LogP contribution < -0.4 is 38.6 Å². The molecule has 258 valence electrons. The van der Waals surface area contributed by atoms with Crippen molar-refractivity contribution in [1.82, 2.24) is 10.2 Å². The van der Waals surface area contributed by atoms with Crippen LogP contribution in [-0.4, -0.2) is 71.5 Å². The quantitative estimate of drug-likeness (QED) is 0.0501. The van der Waals surface area contributed by atoms with Gasteiger partial charge in [-0.3, -0.25) is 10.2 Å². The topological polar surface area (TPSA) is 132 Å². The summed E-state index contributed by atoms with van der Waals surface area (Å²) >= 11 is 0. The first-order valence-corrected chi connectivity index (χ1v) is 15.6. The minimum Gasteiger partial charge on any atom is -0.496 e. The lowest BCUT2D eigenvalue weighted by atomic mass is 10.0. The minimum absolute atomic E-state index is 0.133. The highest BCUT2D eigenvalue weighted by Gasteiger charge is 2.17. The van der Waals surface area contributed by atoms with Crippen LogP contribution in [0.5, 0.6) is 40.2 Å². The number of benzene rings is 4. The molecule has 50 heavy (non-hydrogen) atoms. The van der Waals surface area contributed by atoms with Crippen molar-refractivity contribution in [1.29, 1.82) is 0 Å². The number of aromatic nitrogens is 2. The van der Waals surface area contributed by atoms with Crippen LogP contribution in [0.15, 0.2) is 90.0 Å². The zero-order valence-corrected chi connectivity index (χ0v) is 28.5. The Kier molecular flexibility index (Phi) is 12.0. The van der Waals surface area contributed by atoms with Crippen molar-refractivity contribution in [2.45, 2.75) is 6.42 Å². The molecular weight excluding hydrogens is 640 g/mol. The predicted molar refractivity (Wildman–Crippen MR) is 190 cm³/mol. The maximum Gasteiger partial charge on any atom is 0.203 e. The largest absolute Gasteiger partial charge is 0.496 e. The second-order valence-corrected chi connectivity index (χ2v) is 10.7. The van der Waals surface area contributed by atoms with E-state index in [1.54, 1.807) is 37.6 Å². The molecule has 0 fully saturated rings. The molecule has 0 radical (unpaired) electrons. The van der Waals surface area contributed by atoms with E-state index in [0.29, 0.717) is 64.1 Å². The van der Waals surface area contributed by atoms with Crippen LogP contribution in [0.3, 0.4) is 0 Å². The third kappa shape index (κ3) is 8.40. The lowest BCUT2D eigenvalue weighted by molar-refractivity contribution is 0.112. The van der Waals surface area contributed by atoms with E-state index in [0.717, 1.165) is 28.1 Å². The molecule has 12 nitrogen and oxygen atoms in total. The molecule has 1 heterocycles. The Bertz CT molecular complexity index is 1880. The Hall–Kier alpha value is -6.30. The molecule has 0 saturated carbocycles. The minimum atomic E-state index is 0.133. The van der Waals surface area contributed by atoms with E-state index in [1.807, 2.05) is 60.7 Å². The average molecular weight is 679 g/mol. The van der Waals surface area contributed by atoms with Crippen LogP contribution in [0.25, 0.3) is 11.3 Å². The Morgan fingerprint density at radius 2 is 1.16 bits per heavy atom. The molecule has 1 N–H and O–H groups in total. The van der Waals surface area contributed by atoms with Gasteiger partial charge >= 0.3 is 0 Å². The van der Waals surface area contributed by atoms with Crippen molar-refractivity contribution < 1.29 is 38.0 Å². The second kappa shape index (κ2) is 17.2. The Morgan fingerprint density at radius 3 is 1.72 bits per heavy atom. The number of nitrogens with one attached hydrogen (secondary N) is 1. The molecule has 12 heteroatoms. The van der Waals surface area contributed by atoms with Gasteiger partial charge in [-0.05, 0) is 42.0 Å². The summed E-state index contributed by atoms with van der Waals surface area (Å²) in [5.41, 5.74) is 7.72. The van der Waals surface area contributed by atoms with E-state index < -0.39 is 0 Å². The number of hydrazone groups is 1. The molecule has 0 saturated heterocycles. The highest BCUT2D eigenvalue weighted by Crippen LogP contribution is 2.40. The van der Waals surface area contributed by atoms with Crippen LogP contribution in [0.2, 0.25) is 0 Å². The van der Waals surface area contributed by atoms with Crippen molar-refractivity contribution in [3.05, 3.63) is 107 Å². The number of aldehydes is 1. The van der Waals surface area contributed by atoms with Crippen LogP contribution in [0.4, 0.5) is 5.82 Å². The SMILES string of the molecule is COc1ccccc1Cc1cc(-c2ccccc2)nnc1N/N=C/c1cc(OC)c(OCCOc2c(OC)cc(C=O)cc2OC)c(OC)c1. The lowest BCUT2D eigenvalue weighted by Crippen LogP contribution is -2.11. The number of ether oxygens (including phenoxy) is 7. The van der Waals surface area contributed by atoms with Crippen molar-refractivity contribution in [2.75, 3.05) is 54.2 Å². The van der Waals surface area contributed by atoms with Gasteiger partial charge in [-0.25, -0.2) is 0 Å². The number of para-hydroxylation sites is 1. The molecule has 0 atom stereocenters. The Morgan fingerprint density at radius 1 is 0.620 bits per heavy atom. The maximum absolute atomic E-state index is 11.3. The first kappa shape index (κ1) is 35.0. The summed E-state index contributed by atoms with van der Waals surface area (Å²) in [7, 11) is 7.70. The molecule has 0 aliphatic carbocycles. The summed E-state index contributed by atoms with van der Waals surface area (Å²) in [4.78, 5) is 11.3. The Labute approximate surface area is 290 Å². The zero-order valence-electron chi connectivity index (χ0n) is 28.5. The van der Waals surface area contributed by atoms with E-state index >= 15 is 0 Å². The summed E-state index contributed by atoms with van der Waals surface area (Å²) in [5, 5.41) is 13.4. The van der Waals surface area contributed by atoms with E-state index in [2.05, 4.69) is 20.7 Å². The van der Waals surface area contributed by atoms with Crippen molar-refractivity contribution in [3.8, 4) is 51.5 Å². The van der Waals surface area contributed by atoms with E-state index in [4.69, 9.17) is 33.2 Å². The van der Waals surface area contributed by atoms with Gasteiger partial charge in [0.05, 0.1) is 47.5 Å². The van der Waals surface area contributed by atoms with Crippen LogP contribution >= 0.6 is 0 Å². The van der Waals surface area contributed by atoms with E-state index in [9.17, 15) is 4.79 Å². The maximum atomic E-state index is 11.3. The summed E-state index contributed by atoms with van der Waals surface area (Å²) in [6.45, 7) is 0.268. The molecule has 0 unspecified atom stereocenters. The third-order valence-corrected chi connectivity index (χ3v) is 7.58. The number of methoxy groups -OCH3 is 5. The highest BCUT2D eigenvalue weighted by molar-refractivity contribution is 5.83. The molecule has 0 aliphatic rings. The fourth-order valence-corrected chi connectivity index (χ4v) is 5.15. The number of hydrogen-bond donors (Lipinski definition) is 1. The van der Waals surface area contributed by atoms with Crippen LogP contribution in [0.1, 0.15) is 27.0 Å². The molecule has 1 aromatic heterocycles. The molecule has 0 bridgehead atoms. The van der Waals surface area contributed by atoms with Gasteiger partial charge in [0.2, 0.25) is 11.5 Å². The number of carbonyl (C=O) groups is 1. The lowest BCUT2D eigenvalue weighted by Gasteiger charge is -2.17. The number of carbonyl (C=O) groups excluding carboxylic acids is 1. The highest BCUT2D eigenvalue weighted by atomic mass is 16.6. The number of rotatable bonds is 17. The van der Waals surface area contributed by atoms with Crippen molar-refractivity contribution >= 4 is 18.3 Å². The standard InChI is InChI=1S/C38H38N4O8/c1-44-31-14-10-9-13-28(31)21-29-22-30(27-11-7-6-8-12-27)40-42-38(29)41-39-23-25-17-32(45-2)36(33(18-25)46-3)49-15-16-50-37-34(47-4)19-26(24-43)20-35(37)48-5/h6-14,17-20,22-24H,15-16,21H2,1-5H3,(H,41,42)/b39-23+. The smallest absolute Gasteiger partial charge is 0.203 e. The van der Waals surface area contributed by atoms with Gasteiger partial charge in [-0.1, -0.05) is 48.5 Å². The first-order chi connectivity index (χ1) is 24.5. The zero-order chi connectivity index (χ0) is 35.3. The predicted octanol–water partition coefficient (Wildman–Crippen LogP) is 6.49. The van der Waals surface area contributed by atoms with Crippen molar-refractivity contribution in [3.63, 3.8) is 0 Å². The van der Waals surface area contributed by atoms with Gasteiger partial charge in [0.15, 0.2) is 28.8 Å². The van der Waals surface area contributed by atoms with E-state index in [-0.39, 0.29) is 13.2 Å². The fraction of sp³-hybridized carbons (Fsp3) is 0.211. The summed E-state index contributed by atoms with van der Waals surface area (Å²) in [5.74, 6) is 3.61. The number of hydrogen-bond acceptors (Lipinski definition) is 12. The van der Waals surface area contributed by atoms with Gasteiger partial charge in [0.25, 0.3) is 0 Å². The van der Waals surface area contributed by atoms with Gasteiger partial charge in [0, 0.05) is 28.7 Å².